The summed E-state index contributed by atoms with van der Waals surface area (Å²) in [5, 5.41) is 0. The summed E-state index contributed by atoms with van der Waals surface area (Å²) in [4.78, 5) is 11.9. The van der Waals surface area contributed by atoms with Crippen LogP contribution in [0.5, 0.6) is 0 Å². The lowest BCUT2D eigenvalue weighted by atomic mass is 10.0. The van der Waals surface area contributed by atoms with Crippen molar-refractivity contribution in [3.8, 4) is 0 Å². The third-order valence-electron chi connectivity index (χ3n) is 3.21. The zero-order valence-electron chi connectivity index (χ0n) is 11.5. The Labute approximate surface area is 130 Å². The summed E-state index contributed by atoms with van der Waals surface area (Å²) in [6.45, 7) is 2.23. The topological polar surface area (TPSA) is 17.1 Å². The van der Waals surface area contributed by atoms with Crippen LogP contribution in [0.1, 0.15) is 75.1 Å². The second-order valence-electron chi connectivity index (χ2n) is 4.89. The Morgan fingerprint density at radius 3 is 2.16 bits per heavy atom. The molecule has 0 N–H and O–H groups in total. The Balaban J connectivity index is 2.09. The molecule has 0 amide bonds. The number of carbonyl (C=O) groups excluding carboxylic acids is 1. The maximum Gasteiger partial charge on any atom is 0.165 e. The maximum absolute atomic E-state index is 11.9. The number of hydrogen-bond acceptors (Lipinski definition) is 2. The summed E-state index contributed by atoms with van der Waals surface area (Å²) in [6.07, 6.45) is 10.5. The molecule has 0 radical (unpaired) electrons. The van der Waals surface area contributed by atoms with Crippen LogP contribution < -0.4 is 0 Å². The summed E-state index contributed by atoms with van der Waals surface area (Å²) in [6, 6.07) is 1.68. The molecule has 0 fully saturated rings. The molecule has 0 aliphatic heterocycles. The standard InChI is InChI=1S/C15H22Cl2OS/c1-2-3-4-5-6-7-8-9-10-13(18)12-11-14(16)19-15(12)17/h11H,2-10H2,1H3. The van der Waals surface area contributed by atoms with E-state index in [4.69, 9.17) is 23.2 Å². The fourth-order valence-electron chi connectivity index (χ4n) is 2.08. The van der Waals surface area contributed by atoms with Gasteiger partial charge >= 0.3 is 0 Å². The number of Topliss-reactive ketones (excluding diaryl/α,β-unsaturated/α-hetero) is 1. The van der Waals surface area contributed by atoms with E-state index in [1.165, 1.54) is 49.9 Å². The summed E-state index contributed by atoms with van der Waals surface area (Å²) in [7, 11) is 0. The third-order valence-corrected chi connectivity index (χ3v) is 4.70. The van der Waals surface area contributed by atoms with Crippen LogP contribution in [-0.4, -0.2) is 5.78 Å². The number of rotatable bonds is 10. The SMILES string of the molecule is CCCCCCCCCCC(=O)c1cc(Cl)sc1Cl. The van der Waals surface area contributed by atoms with Gasteiger partial charge in [0, 0.05) is 12.0 Å². The number of hydrogen-bond donors (Lipinski definition) is 0. The number of ketones is 1. The average Bonchev–Trinajstić information content (AvgIpc) is 2.71. The molecule has 0 aliphatic carbocycles. The molecular weight excluding hydrogens is 299 g/mol. The Morgan fingerprint density at radius 1 is 1.05 bits per heavy atom. The quantitative estimate of drug-likeness (QED) is 0.343. The van der Waals surface area contributed by atoms with Gasteiger partial charge < -0.3 is 0 Å². The first-order valence-corrected chi connectivity index (χ1v) is 8.70. The fourth-order valence-corrected chi connectivity index (χ4v) is 3.58. The highest BCUT2D eigenvalue weighted by atomic mass is 35.5. The van der Waals surface area contributed by atoms with E-state index < -0.39 is 0 Å². The zero-order chi connectivity index (χ0) is 14.1. The highest BCUT2D eigenvalue weighted by Gasteiger charge is 2.13. The van der Waals surface area contributed by atoms with Crippen LogP contribution in [0.15, 0.2) is 6.07 Å². The number of halogens is 2. The molecule has 1 heterocycles. The van der Waals surface area contributed by atoms with E-state index in [1.54, 1.807) is 6.07 Å². The highest BCUT2D eigenvalue weighted by molar-refractivity contribution is 7.20. The maximum atomic E-state index is 11.9. The smallest absolute Gasteiger partial charge is 0.165 e. The van der Waals surface area contributed by atoms with Crippen LogP contribution in [0.25, 0.3) is 0 Å². The van der Waals surface area contributed by atoms with E-state index >= 15 is 0 Å². The molecule has 0 aromatic carbocycles. The molecular formula is C15H22Cl2OS. The summed E-state index contributed by atoms with van der Waals surface area (Å²) in [5.74, 6) is 0.124. The predicted octanol–water partition coefficient (Wildman–Crippen LogP) is 6.77. The summed E-state index contributed by atoms with van der Waals surface area (Å²) < 4.78 is 1.11. The summed E-state index contributed by atoms with van der Waals surface area (Å²) in [5.41, 5.74) is 0.597. The van der Waals surface area contributed by atoms with E-state index in [9.17, 15) is 4.79 Å². The van der Waals surface area contributed by atoms with Gasteiger partial charge in [-0.15, -0.1) is 11.3 Å². The molecule has 4 heteroatoms. The van der Waals surface area contributed by atoms with Gasteiger partial charge in [0.15, 0.2) is 5.78 Å². The van der Waals surface area contributed by atoms with Crippen LogP contribution in [0.2, 0.25) is 8.67 Å². The normalized spacial score (nSPS) is 10.9. The van der Waals surface area contributed by atoms with E-state index in [0.717, 1.165) is 12.8 Å². The van der Waals surface area contributed by atoms with Crippen molar-refractivity contribution >= 4 is 40.3 Å². The highest BCUT2D eigenvalue weighted by Crippen LogP contribution is 2.32. The minimum absolute atomic E-state index is 0.124. The van der Waals surface area contributed by atoms with E-state index in [-0.39, 0.29) is 5.78 Å². The van der Waals surface area contributed by atoms with Crippen molar-refractivity contribution in [1.29, 1.82) is 0 Å². The lowest BCUT2D eigenvalue weighted by Gasteiger charge is -2.01. The molecule has 0 saturated carbocycles. The Hall–Kier alpha value is -0.0500. The fraction of sp³-hybridized carbons (Fsp3) is 0.667. The van der Waals surface area contributed by atoms with Crippen LogP contribution in [0, 0.1) is 0 Å². The first kappa shape index (κ1) is 17.0. The minimum Gasteiger partial charge on any atom is -0.294 e. The average molecular weight is 321 g/mol. The van der Waals surface area contributed by atoms with Crippen molar-refractivity contribution in [2.24, 2.45) is 0 Å². The van der Waals surface area contributed by atoms with Gasteiger partial charge in [0.1, 0.15) is 4.34 Å². The Bertz CT molecular complexity index is 387. The second-order valence-corrected chi connectivity index (χ2v) is 7.17. The van der Waals surface area contributed by atoms with Crippen molar-refractivity contribution in [2.45, 2.75) is 64.7 Å². The Kier molecular flexibility index (Phi) is 8.76. The minimum atomic E-state index is 0.124. The first-order chi connectivity index (χ1) is 9.15. The Morgan fingerprint density at radius 2 is 1.63 bits per heavy atom. The van der Waals surface area contributed by atoms with Crippen LogP contribution in [0.3, 0.4) is 0 Å². The van der Waals surface area contributed by atoms with E-state index in [0.29, 0.717) is 20.7 Å². The van der Waals surface area contributed by atoms with Crippen molar-refractivity contribution in [3.63, 3.8) is 0 Å². The molecule has 1 aromatic rings. The van der Waals surface area contributed by atoms with Gasteiger partial charge in [-0.05, 0) is 12.5 Å². The number of thiophene rings is 1. The number of carbonyl (C=O) groups is 1. The third kappa shape index (κ3) is 6.78. The van der Waals surface area contributed by atoms with Crippen molar-refractivity contribution in [1.82, 2.24) is 0 Å². The van der Waals surface area contributed by atoms with Gasteiger partial charge in [-0.2, -0.15) is 0 Å². The molecule has 1 rings (SSSR count). The second kappa shape index (κ2) is 9.79. The molecule has 0 aliphatic rings. The van der Waals surface area contributed by atoms with Gasteiger partial charge in [-0.1, -0.05) is 75.1 Å². The summed E-state index contributed by atoms with van der Waals surface area (Å²) >= 11 is 13.1. The van der Waals surface area contributed by atoms with Gasteiger partial charge in [0.2, 0.25) is 0 Å². The van der Waals surface area contributed by atoms with Crippen LogP contribution in [-0.2, 0) is 0 Å². The predicted molar refractivity (Wildman–Crippen MR) is 85.9 cm³/mol. The molecule has 0 spiro atoms. The molecule has 0 atom stereocenters. The lowest BCUT2D eigenvalue weighted by molar-refractivity contribution is 0.0979. The molecule has 19 heavy (non-hydrogen) atoms. The molecule has 0 unspecified atom stereocenters. The molecule has 1 aromatic heterocycles. The zero-order valence-corrected chi connectivity index (χ0v) is 13.8. The molecule has 0 saturated heterocycles. The van der Waals surface area contributed by atoms with Crippen LogP contribution in [0.4, 0.5) is 0 Å². The lowest BCUT2D eigenvalue weighted by Crippen LogP contribution is -1.97. The monoisotopic (exact) mass is 320 g/mol. The van der Waals surface area contributed by atoms with Crippen molar-refractivity contribution < 1.29 is 4.79 Å². The molecule has 0 bridgehead atoms. The van der Waals surface area contributed by atoms with E-state index in [2.05, 4.69) is 6.92 Å². The molecule has 108 valence electrons. The number of unbranched alkanes of at least 4 members (excludes halogenated alkanes) is 7. The van der Waals surface area contributed by atoms with E-state index in [1.807, 2.05) is 0 Å². The van der Waals surface area contributed by atoms with Gasteiger partial charge in [0.05, 0.1) is 4.34 Å². The molecule has 1 nitrogen and oxygen atoms in total. The largest absolute Gasteiger partial charge is 0.294 e. The van der Waals surface area contributed by atoms with Crippen molar-refractivity contribution in [3.05, 3.63) is 20.3 Å². The van der Waals surface area contributed by atoms with Crippen molar-refractivity contribution in [2.75, 3.05) is 0 Å². The van der Waals surface area contributed by atoms with Crippen LogP contribution >= 0.6 is 34.5 Å². The van der Waals surface area contributed by atoms with Gasteiger partial charge in [-0.25, -0.2) is 0 Å². The van der Waals surface area contributed by atoms with Gasteiger partial charge in [-0.3, -0.25) is 4.79 Å². The first-order valence-electron chi connectivity index (χ1n) is 7.13. The van der Waals surface area contributed by atoms with Gasteiger partial charge in [0.25, 0.3) is 0 Å².